The maximum atomic E-state index is 13.7. The topological polar surface area (TPSA) is 113 Å². The van der Waals surface area contributed by atoms with Crippen molar-refractivity contribution >= 4 is 17.5 Å². The summed E-state index contributed by atoms with van der Waals surface area (Å²) in [7, 11) is 1.21. The van der Waals surface area contributed by atoms with Crippen LogP contribution in [-0.2, 0) is 0 Å². The Morgan fingerprint density at radius 2 is 1.76 bits per heavy atom. The van der Waals surface area contributed by atoms with Crippen LogP contribution in [-0.4, -0.2) is 30.3 Å². The number of benzene rings is 2. The first kappa shape index (κ1) is 23.3. The lowest BCUT2D eigenvalue weighted by Gasteiger charge is -2.15. The molecule has 172 valence electrons. The Bertz CT molecular complexity index is 1200. The average molecular weight is 465 g/mol. The SMILES string of the molecule is COc1cc(OC(F)(F)F)ccc1Oc1ccncc1C(=O)Nc1ccc(F)c(C(N)=O)c1. The number of hydrogen-bond donors (Lipinski definition) is 2. The van der Waals surface area contributed by atoms with Crippen LogP contribution in [0.5, 0.6) is 23.0 Å². The molecule has 3 rings (SSSR count). The van der Waals surface area contributed by atoms with Crippen LogP contribution in [0.2, 0.25) is 0 Å². The quantitative estimate of drug-likeness (QED) is 0.504. The van der Waals surface area contributed by atoms with Crippen molar-refractivity contribution < 1.29 is 41.4 Å². The van der Waals surface area contributed by atoms with Crippen LogP contribution in [0.1, 0.15) is 20.7 Å². The Morgan fingerprint density at radius 1 is 1.00 bits per heavy atom. The number of amides is 2. The van der Waals surface area contributed by atoms with E-state index in [2.05, 4.69) is 15.0 Å². The van der Waals surface area contributed by atoms with Crippen LogP contribution in [0.25, 0.3) is 0 Å². The van der Waals surface area contributed by atoms with Crippen molar-refractivity contribution in [3.05, 3.63) is 71.8 Å². The number of nitrogens with two attached hydrogens (primary N) is 1. The zero-order valence-electron chi connectivity index (χ0n) is 16.8. The fraction of sp³-hybridized carbons (Fsp3) is 0.0952. The van der Waals surface area contributed by atoms with Gasteiger partial charge in [-0.25, -0.2) is 4.39 Å². The fourth-order valence-electron chi connectivity index (χ4n) is 2.68. The zero-order chi connectivity index (χ0) is 24.2. The lowest BCUT2D eigenvalue weighted by Crippen LogP contribution is -2.17. The van der Waals surface area contributed by atoms with E-state index in [0.717, 1.165) is 24.3 Å². The summed E-state index contributed by atoms with van der Waals surface area (Å²) in [6.45, 7) is 0. The summed E-state index contributed by atoms with van der Waals surface area (Å²) in [5.41, 5.74) is 4.70. The third-order valence-corrected chi connectivity index (χ3v) is 4.10. The predicted molar refractivity (Wildman–Crippen MR) is 107 cm³/mol. The molecule has 1 heterocycles. The standard InChI is InChI=1S/C21H15F4N3O5/c1-31-18-9-12(33-21(23,24)25)3-5-17(18)32-16-6-7-27-10-14(16)20(30)28-11-2-4-15(22)13(8-11)19(26)29/h2-10H,1H3,(H2,26,29)(H,28,30). The second kappa shape index (κ2) is 9.42. The molecular formula is C21H15F4N3O5. The maximum absolute atomic E-state index is 13.7. The van der Waals surface area contributed by atoms with Crippen molar-refractivity contribution in [1.82, 2.24) is 4.98 Å². The monoisotopic (exact) mass is 465 g/mol. The molecule has 0 unspecified atom stereocenters. The van der Waals surface area contributed by atoms with Gasteiger partial charge in [0.2, 0.25) is 0 Å². The molecule has 0 aliphatic rings. The molecule has 0 atom stereocenters. The molecule has 2 aromatic carbocycles. The molecule has 0 spiro atoms. The predicted octanol–water partition coefficient (Wildman–Crippen LogP) is 4.27. The lowest BCUT2D eigenvalue weighted by molar-refractivity contribution is -0.274. The molecule has 0 aliphatic carbocycles. The Labute approximate surface area is 183 Å². The first-order chi connectivity index (χ1) is 15.6. The van der Waals surface area contributed by atoms with Crippen LogP contribution in [0, 0.1) is 5.82 Å². The highest BCUT2D eigenvalue weighted by Gasteiger charge is 2.31. The molecule has 12 heteroatoms. The number of nitrogens with zero attached hydrogens (tertiary/aromatic N) is 1. The molecular weight excluding hydrogens is 450 g/mol. The highest BCUT2D eigenvalue weighted by Crippen LogP contribution is 2.37. The van der Waals surface area contributed by atoms with Gasteiger partial charge in [-0.2, -0.15) is 0 Å². The van der Waals surface area contributed by atoms with E-state index in [9.17, 15) is 27.2 Å². The van der Waals surface area contributed by atoms with Gasteiger partial charge in [0.15, 0.2) is 11.5 Å². The third kappa shape index (κ3) is 5.87. The highest BCUT2D eigenvalue weighted by molar-refractivity contribution is 6.06. The molecule has 8 nitrogen and oxygen atoms in total. The average Bonchev–Trinajstić information content (AvgIpc) is 2.75. The second-order valence-corrected chi connectivity index (χ2v) is 6.35. The van der Waals surface area contributed by atoms with Gasteiger partial charge in [-0.1, -0.05) is 0 Å². The molecule has 0 radical (unpaired) electrons. The molecule has 0 fully saturated rings. The van der Waals surface area contributed by atoms with E-state index in [-0.39, 0.29) is 28.5 Å². The van der Waals surface area contributed by atoms with Crippen molar-refractivity contribution in [2.24, 2.45) is 5.73 Å². The van der Waals surface area contributed by atoms with Crippen molar-refractivity contribution in [2.45, 2.75) is 6.36 Å². The second-order valence-electron chi connectivity index (χ2n) is 6.35. The largest absolute Gasteiger partial charge is 0.573 e. The summed E-state index contributed by atoms with van der Waals surface area (Å²) in [5, 5.41) is 2.46. The van der Waals surface area contributed by atoms with Crippen LogP contribution in [0.15, 0.2) is 54.9 Å². The molecule has 0 aliphatic heterocycles. The zero-order valence-corrected chi connectivity index (χ0v) is 16.8. The molecule has 33 heavy (non-hydrogen) atoms. The van der Waals surface area contributed by atoms with Crippen LogP contribution < -0.4 is 25.3 Å². The highest BCUT2D eigenvalue weighted by atomic mass is 19.4. The van der Waals surface area contributed by atoms with Crippen LogP contribution in [0.3, 0.4) is 0 Å². The van der Waals surface area contributed by atoms with Gasteiger partial charge in [0, 0.05) is 24.1 Å². The van der Waals surface area contributed by atoms with Crippen molar-refractivity contribution in [2.75, 3.05) is 12.4 Å². The number of nitrogens with one attached hydrogen (secondary N) is 1. The van der Waals surface area contributed by atoms with Gasteiger partial charge in [-0.3, -0.25) is 14.6 Å². The molecule has 3 aromatic rings. The summed E-state index contributed by atoms with van der Waals surface area (Å²) in [6.07, 6.45) is -2.39. The minimum absolute atomic E-state index is 0.00919. The first-order valence-electron chi connectivity index (χ1n) is 9.03. The van der Waals surface area contributed by atoms with E-state index >= 15 is 0 Å². The number of primary amides is 1. The molecule has 0 saturated heterocycles. The minimum Gasteiger partial charge on any atom is -0.493 e. The number of carbonyl (C=O) groups is 2. The number of methoxy groups -OCH3 is 1. The number of ether oxygens (including phenoxy) is 3. The first-order valence-corrected chi connectivity index (χ1v) is 9.03. The number of aromatic nitrogens is 1. The molecule has 1 aromatic heterocycles. The van der Waals surface area contributed by atoms with Crippen LogP contribution in [0.4, 0.5) is 23.2 Å². The molecule has 3 N–H and O–H groups in total. The Morgan fingerprint density at radius 3 is 2.42 bits per heavy atom. The Balaban J connectivity index is 1.86. The number of anilines is 1. The van der Waals surface area contributed by atoms with E-state index in [0.29, 0.717) is 0 Å². The summed E-state index contributed by atoms with van der Waals surface area (Å²) >= 11 is 0. The Hall–Kier alpha value is -4.35. The number of rotatable bonds is 7. The van der Waals surface area contributed by atoms with E-state index in [1.807, 2.05) is 0 Å². The molecule has 2 amide bonds. The molecule has 0 bridgehead atoms. The van der Waals surface area contributed by atoms with E-state index in [1.54, 1.807) is 0 Å². The number of halogens is 4. The van der Waals surface area contributed by atoms with Crippen molar-refractivity contribution in [1.29, 1.82) is 0 Å². The summed E-state index contributed by atoms with van der Waals surface area (Å²) in [5.74, 6) is -3.23. The summed E-state index contributed by atoms with van der Waals surface area (Å²) in [6, 6.07) is 7.73. The smallest absolute Gasteiger partial charge is 0.493 e. The van der Waals surface area contributed by atoms with Gasteiger partial charge in [0.05, 0.1) is 12.7 Å². The van der Waals surface area contributed by atoms with Gasteiger partial charge in [0.25, 0.3) is 11.8 Å². The Kier molecular flexibility index (Phi) is 6.66. The van der Waals surface area contributed by atoms with E-state index in [1.165, 1.54) is 37.7 Å². The number of alkyl halides is 3. The normalized spacial score (nSPS) is 10.9. The van der Waals surface area contributed by atoms with Crippen molar-refractivity contribution in [3.63, 3.8) is 0 Å². The van der Waals surface area contributed by atoms with Gasteiger partial charge < -0.3 is 25.3 Å². The fourth-order valence-corrected chi connectivity index (χ4v) is 2.68. The van der Waals surface area contributed by atoms with Gasteiger partial charge in [0.1, 0.15) is 22.9 Å². The summed E-state index contributed by atoms with van der Waals surface area (Å²) in [4.78, 5) is 27.9. The maximum Gasteiger partial charge on any atom is 0.573 e. The van der Waals surface area contributed by atoms with Crippen LogP contribution >= 0.6 is 0 Å². The summed E-state index contributed by atoms with van der Waals surface area (Å²) < 4.78 is 65.5. The van der Waals surface area contributed by atoms with Crippen molar-refractivity contribution in [3.8, 4) is 23.0 Å². The van der Waals surface area contributed by atoms with E-state index < -0.39 is 35.3 Å². The number of hydrogen-bond acceptors (Lipinski definition) is 6. The number of carbonyl (C=O) groups excluding carboxylic acids is 2. The third-order valence-electron chi connectivity index (χ3n) is 4.10. The molecule has 0 saturated carbocycles. The lowest BCUT2D eigenvalue weighted by atomic mass is 10.1. The van der Waals surface area contributed by atoms with Gasteiger partial charge in [-0.05, 0) is 36.4 Å². The van der Waals surface area contributed by atoms with Gasteiger partial charge >= 0.3 is 6.36 Å². The van der Waals surface area contributed by atoms with E-state index in [4.69, 9.17) is 15.2 Å². The van der Waals surface area contributed by atoms with Gasteiger partial charge in [-0.15, -0.1) is 13.2 Å². The number of pyridine rings is 1. The minimum atomic E-state index is -4.89.